The fraction of sp³-hybridized carbons (Fsp3) is 0.391. The Hall–Kier alpha value is -2.91. The third kappa shape index (κ3) is 6.36. The summed E-state index contributed by atoms with van der Waals surface area (Å²) in [6.07, 6.45) is -3.90. The third-order valence-corrected chi connectivity index (χ3v) is 8.71. The van der Waals surface area contributed by atoms with Gasteiger partial charge in [0.15, 0.2) is 11.9 Å². The zero-order chi connectivity index (χ0) is 29.2. The summed E-state index contributed by atoms with van der Waals surface area (Å²) in [7, 11) is -3.26. The molecule has 40 heavy (non-hydrogen) atoms. The highest BCUT2D eigenvalue weighted by atomic mass is 35.5. The first kappa shape index (κ1) is 30.1. The van der Waals surface area contributed by atoms with Gasteiger partial charge in [0, 0.05) is 17.8 Å². The normalized spacial score (nSPS) is 24.8. The van der Waals surface area contributed by atoms with Crippen LogP contribution in [0.15, 0.2) is 51.6 Å². The van der Waals surface area contributed by atoms with Crippen molar-refractivity contribution in [2.75, 3.05) is 13.7 Å². The van der Waals surface area contributed by atoms with Crippen LogP contribution in [0.2, 0.25) is 4.34 Å². The van der Waals surface area contributed by atoms with E-state index in [-0.39, 0.29) is 5.75 Å². The van der Waals surface area contributed by atoms with Crippen molar-refractivity contribution in [3.63, 3.8) is 0 Å². The number of nitrogens with zero attached hydrogens (tertiary/aromatic N) is 2. The zero-order valence-electron chi connectivity index (χ0n) is 21.3. The minimum atomic E-state index is -4.40. The van der Waals surface area contributed by atoms with Gasteiger partial charge in [-0.15, -0.1) is 11.3 Å². The Balaban J connectivity index is 1.54. The SMILES string of the molecule is COC(=O)[C@H](C)NP(=O)(OCC1O[C@@H](n2ccc(=O)[nH]c2=O)[C@](C)(F)[C@@H]1O)Oc1ccc(-c2ncsc2Cl)cc1. The fourth-order valence-corrected chi connectivity index (χ4v) is 6.24. The molecule has 6 atom stereocenters. The van der Waals surface area contributed by atoms with Crippen LogP contribution in [0.4, 0.5) is 4.39 Å². The van der Waals surface area contributed by atoms with Crippen molar-refractivity contribution in [3.05, 3.63) is 67.2 Å². The molecule has 2 aromatic heterocycles. The molecule has 2 unspecified atom stereocenters. The molecular weight excluding hydrogens is 594 g/mol. The van der Waals surface area contributed by atoms with Gasteiger partial charge in [0.05, 0.1) is 24.9 Å². The Bertz CT molecular complexity index is 1530. The van der Waals surface area contributed by atoms with Crippen molar-refractivity contribution in [1.29, 1.82) is 0 Å². The van der Waals surface area contributed by atoms with Gasteiger partial charge in [-0.05, 0) is 38.1 Å². The number of benzene rings is 1. The smallest absolute Gasteiger partial charge is 0.459 e. The topological polar surface area (TPSA) is 171 Å². The lowest BCUT2D eigenvalue weighted by Crippen LogP contribution is -2.43. The number of carbonyl (C=O) groups excluding carboxylic acids is 1. The van der Waals surface area contributed by atoms with Crippen LogP contribution in [0.25, 0.3) is 11.3 Å². The molecule has 0 amide bonds. The number of aromatic nitrogens is 3. The van der Waals surface area contributed by atoms with E-state index in [9.17, 15) is 24.1 Å². The third-order valence-electron chi connectivity index (χ3n) is 6.01. The number of H-pyrrole nitrogens is 1. The molecule has 1 fully saturated rings. The molecule has 13 nitrogen and oxygen atoms in total. The molecule has 1 aliphatic heterocycles. The predicted molar refractivity (Wildman–Crippen MR) is 142 cm³/mol. The molecule has 216 valence electrons. The summed E-state index contributed by atoms with van der Waals surface area (Å²) in [6.45, 7) is 1.68. The Morgan fingerprint density at radius 3 is 2.67 bits per heavy atom. The molecule has 3 N–H and O–H groups in total. The minimum absolute atomic E-state index is 0.0730. The second-order valence-electron chi connectivity index (χ2n) is 8.90. The number of methoxy groups -OCH3 is 1. The summed E-state index contributed by atoms with van der Waals surface area (Å²) >= 11 is 7.39. The Kier molecular flexibility index (Phi) is 8.95. The minimum Gasteiger partial charge on any atom is -0.468 e. The van der Waals surface area contributed by atoms with Crippen molar-refractivity contribution in [2.24, 2.45) is 0 Å². The monoisotopic (exact) mass is 618 g/mol. The number of thiazole rings is 1. The van der Waals surface area contributed by atoms with Gasteiger partial charge in [-0.1, -0.05) is 11.6 Å². The van der Waals surface area contributed by atoms with Gasteiger partial charge < -0.3 is 19.1 Å². The van der Waals surface area contributed by atoms with Gasteiger partial charge in [-0.2, -0.15) is 5.09 Å². The number of rotatable bonds is 10. The number of aliphatic hydroxyl groups is 1. The molecule has 0 aliphatic carbocycles. The van der Waals surface area contributed by atoms with Crippen LogP contribution in [0.1, 0.15) is 20.1 Å². The van der Waals surface area contributed by atoms with Crippen LogP contribution in [-0.2, 0) is 23.4 Å². The molecule has 1 saturated heterocycles. The maximum absolute atomic E-state index is 15.5. The van der Waals surface area contributed by atoms with Crippen molar-refractivity contribution < 1.29 is 37.4 Å². The quantitative estimate of drug-likeness (QED) is 0.225. The number of aromatic amines is 1. The molecule has 3 heterocycles. The maximum atomic E-state index is 15.5. The van der Waals surface area contributed by atoms with E-state index in [0.717, 1.165) is 30.9 Å². The van der Waals surface area contributed by atoms with Crippen LogP contribution in [0.5, 0.6) is 5.75 Å². The molecule has 4 rings (SSSR count). The number of ether oxygens (including phenoxy) is 2. The van der Waals surface area contributed by atoms with Gasteiger partial charge >= 0.3 is 19.4 Å². The highest BCUT2D eigenvalue weighted by molar-refractivity contribution is 7.52. The van der Waals surface area contributed by atoms with E-state index in [0.29, 0.717) is 15.6 Å². The average Bonchev–Trinajstić information content (AvgIpc) is 3.43. The Morgan fingerprint density at radius 2 is 2.08 bits per heavy atom. The molecule has 1 aliphatic rings. The first-order valence-electron chi connectivity index (χ1n) is 11.7. The van der Waals surface area contributed by atoms with E-state index < -0.39 is 61.7 Å². The molecule has 0 radical (unpaired) electrons. The molecular formula is C23H25ClFN4O9PS. The largest absolute Gasteiger partial charge is 0.468 e. The highest BCUT2D eigenvalue weighted by Crippen LogP contribution is 2.48. The van der Waals surface area contributed by atoms with E-state index in [4.69, 9.17) is 25.4 Å². The van der Waals surface area contributed by atoms with Crippen molar-refractivity contribution in [3.8, 4) is 17.0 Å². The molecule has 1 aromatic carbocycles. The predicted octanol–water partition coefficient (Wildman–Crippen LogP) is 2.65. The average molecular weight is 619 g/mol. The van der Waals surface area contributed by atoms with E-state index in [1.807, 2.05) is 4.98 Å². The van der Waals surface area contributed by atoms with Crippen LogP contribution < -0.4 is 20.9 Å². The summed E-state index contributed by atoms with van der Waals surface area (Å²) in [4.78, 5) is 41.8. The number of hydrogen-bond donors (Lipinski definition) is 3. The second-order valence-corrected chi connectivity index (χ2v) is 12.0. The summed E-state index contributed by atoms with van der Waals surface area (Å²) in [6, 6.07) is 6.03. The van der Waals surface area contributed by atoms with Crippen molar-refractivity contribution >= 4 is 36.7 Å². The lowest BCUT2D eigenvalue weighted by molar-refractivity contribution is -0.142. The lowest BCUT2D eigenvalue weighted by atomic mass is 9.98. The van der Waals surface area contributed by atoms with Crippen LogP contribution >= 0.6 is 30.7 Å². The van der Waals surface area contributed by atoms with Gasteiger partial charge in [-0.25, -0.2) is 18.7 Å². The van der Waals surface area contributed by atoms with E-state index >= 15 is 4.39 Å². The molecule has 3 aromatic rings. The standard InChI is InChI=1S/C23H25ClFN4O9PS/c1-12(20(32)35-3)28-39(34,38-14-6-4-13(5-7-14)17-19(24)40-11-26-17)36-10-15-18(31)23(2,25)21(37-15)29-9-8-16(30)27-22(29)33/h4-9,11-12,15,18,21,31H,10H2,1-3H3,(H,28,34)(H,27,30,33)/t12-,15?,18+,21+,23+,39?/m0/s1. The summed E-state index contributed by atoms with van der Waals surface area (Å²) in [5, 5.41) is 13.1. The molecule has 17 heteroatoms. The van der Waals surface area contributed by atoms with Crippen LogP contribution in [0.3, 0.4) is 0 Å². The van der Waals surface area contributed by atoms with Crippen molar-refractivity contribution in [1.82, 2.24) is 19.6 Å². The number of esters is 1. The lowest BCUT2D eigenvalue weighted by Gasteiger charge is -2.25. The second kappa shape index (κ2) is 11.9. The van der Waals surface area contributed by atoms with Gasteiger partial charge in [0.2, 0.25) is 0 Å². The molecule has 0 spiro atoms. The van der Waals surface area contributed by atoms with Crippen LogP contribution in [0, 0.1) is 0 Å². The number of alkyl halides is 1. The van der Waals surface area contributed by atoms with Gasteiger partial charge in [-0.3, -0.25) is 23.7 Å². The van der Waals surface area contributed by atoms with Gasteiger partial charge in [0.1, 0.15) is 28.3 Å². The number of carbonyl (C=O) groups is 1. The number of halogens is 2. The summed E-state index contributed by atoms with van der Waals surface area (Å²) in [5.74, 6) is -0.698. The van der Waals surface area contributed by atoms with E-state index in [1.165, 1.54) is 30.4 Å². The molecule has 0 saturated carbocycles. The highest BCUT2D eigenvalue weighted by Gasteiger charge is 2.56. The van der Waals surface area contributed by atoms with Gasteiger partial charge in [0.25, 0.3) is 5.56 Å². The maximum Gasteiger partial charge on any atom is 0.459 e. The Morgan fingerprint density at radius 1 is 1.38 bits per heavy atom. The Labute approximate surface area is 235 Å². The van der Waals surface area contributed by atoms with Crippen molar-refractivity contribution in [2.45, 2.75) is 44.0 Å². The molecule has 0 bridgehead atoms. The van der Waals surface area contributed by atoms with E-state index in [1.54, 1.807) is 17.6 Å². The fourth-order valence-electron chi connectivity index (χ4n) is 3.92. The number of nitrogens with one attached hydrogen (secondary N) is 2. The first-order chi connectivity index (χ1) is 18.8. The van der Waals surface area contributed by atoms with Crippen LogP contribution in [-0.4, -0.2) is 63.2 Å². The zero-order valence-corrected chi connectivity index (χ0v) is 23.7. The number of aliphatic hydroxyl groups excluding tert-OH is 1. The number of hydrogen-bond acceptors (Lipinski definition) is 11. The first-order valence-corrected chi connectivity index (χ1v) is 14.5. The van der Waals surface area contributed by atoms with E-state index in [2.05, 4.69) is 14.8 Å². The summed E-state index contributed by atoms with van der Waals surface area (Å²) in [5.41, 5.74) is -1.37. The summed E-state index contributed by atoms with van der Waals surface area (Å²) < 4.78 is 51.8.